The first-order valence-corrected chi connectivity index (χ1v) is 8.22. The van der Waals surface area contributed by atoms with E-state index in [2.05, 4.69) is 4.98 Å². The summed E-state index contributed by atoms with van der Waals surface area (Å²) in [5.41, 5.74) is 2.33. The summed E-state index contributed by atoms with van der Waals surface area (Å²) in [6.45, 7) is 0.581. The molecule has 0 radical (unpaired) electrons. The van der Waals surface area contributed by atoms with Crippen molar-refractivity contribution in [2.24, 2.45) is 0 Å². The summed E-state index contributed by atoms with van der Waals surface area (Å²) in [7, 11) is 1.51. The van der Waals surface area contributed by atoms with E-state index in [0.29, 0.717) is 40.5 Å². The van der Waals surface area contributed by atoms with E-state index in [1.54, 1.807) is 34.9 Å². The summed E-state index contributed by atoms with van der Waals surface area (Å²) in [4.78, 5) is 17.3. The monoisotopic (exact) mass is 354 g/mol. The Hall–Kier alpha value is -2.79. The van der Waals surface area contributed by atoms with Crippen LogP contribution in [0.1, 0.15) is 17.8 Å². The number of aromatic hydroxyl groups is 1. The van der Waals surface area contributed by atoms with Gasteiger partial charge in [-0.1, -0.05) is 17.7 Å². The largest absolute Gasteiger partial charge is 0.504 e. The van der Waals surface area contributed by atoms with Crippen LogP contribution in [-0.2, 0) is 6.54 Å². The highest BCUT2D eigenvalue weighted by Crippen LogP contribution is 2.31. The van der Waals surface area contributed by atoms with E-state index < -0.39 is 0 Å². The smallest absolute Gasteiger partial charge is 0.261 e. The summed E-state index contributed by atoms with van der Waals surface area (Å²) >= 11 is 6.00. The number of ether oxygens (including phenoxy) is 1. The summed E-state index contributed by atoms with van der Waals surface area (Å²) in [6, 6.07) is 10.3. The molecule has 2 heterocycles. The lowest BCUT2D eigenvalue weighted by molar-refractivity contribution is 0.373. The zero-order chi connectivity index (χ0) is 17.6. The number of benzene rings is 2. The van der Waals surface area contributed by atoms with Gasteiger partial charge in [-0.2, -0.15) is 0 Å². The van der Waals surface area contributed by atoms with E-state index in [1.165, 1.54) is 7.11 Å². The standard InChI is InChI=1S/C19H15ClN2O3/c1-25-17-5-2-11(9-16(17)23)8-12-6-7-22-18(12)21-15-4-3-13(20)10-14(15)19(22)24/h2-5,8-10,23H,6-7H2,1H3. The molecule has 0 saturated carbocycles. The number of allylic oxidation sites excluding steroid dienone is 1. The van der Waals surface area contributed by atoms with Gasteiger partial charge < -0.3 is 9.84 Å². The Kier molecular flexibility index (Phi) is 3.73. The Morgan fingerprint density at radius 2 is 2.12 bits per heavy atom. The third-order valence-electron chi connectivity index (χ3n) is 4.35. The number of phenolic OH excluding ortho intramolecular Hbond substituents is 1. The first-order chi connectivity index (χ1) is 12.1. The fourth-order valence-corrected chi connectivity index (χ4v) is 3.30. The fourth-order valence-electron chi connectivity index (χ4n) is 3.12. The van der Waals surface area contributed by atoms with Crippen molar-refractivity contribution in [2.75, 3.05) is 7.11 Å². The van der Waals surface area contributed by atoms with E-state index in [9.17, 15) is 9.90 Å². The van der Waals surface area contributed by atoms with E-state index in [1.807, 2.05) is 12.1 Å². The summed E-state index contributed by atoms with van der Waals surface area (Å²) < 4.78 is 6.73. The van der Waals surface area contributed by atoms with Crippen molar-refractivity contribution < 1.29 is 9.84 Å². The minimum atomic E-state index is -0.0801. The van der Waals surface area contributed by atoms with Crippen molar-refractivity contribution in [2.45, 2.75) is 13.0 Å². The number of methoxy groups -OCH3 is 1. The van der Waals surface area contributed by atoms with Crippen LogP contribution in [0.4, 0.5) is 0 Å². The quantitative estimate of drug-likeness (QED) is 0.762. The number of fused-ring (bicyclic) bond motifs is 2. The number of hydrogen-bond donors (Lipinski definition) is 1. The molecular formula is C19H15ClN2O3. The van der Waals surface area contributed by atoms with Crippen LogP contribution in [0.15, 0.2) is 41.2 Å². The van der Waals surface area contributed by atoms with Gasteiger partial charge in [-0.3, -0.25) is 9.36 Å². The second kappa shape index (κ2) is 5.93. The average Bonchev–Trinajstić information content (AvgIpc) is 2.99. The molecule has 0 spiro atoms. The number of phenols is 1. The first kappa shape index (κ1) is 15.7. The Morgan fingerprint density at radius 1 is 1.28 bits per heavy atom. The molecule has 0 bridgehead atoms. The lowest BCUT2D eigenvalue weighted by Crippen LogP contribution is -2.20. The van der Waals surface area contributed by atoms with Crippen LogP contribution in [0.3, 0.4) is 0 Å². The Labute approximate surface area is 148 Å². The maximum absolute atomic E-state index is 12.7. The molecule has 0 saturated heterocycles. The molecule has 126 valence electrons. The molecule has 0 fully saturated rings. The Morgan fingerprint density at radius 3 is 2.88 bits per heavy atom. The predicted octanol–water partition coefficient (Wildman–Crippen LogP) is 3.71. The van der Waals surface area contributed by atoms with Crippen LogP contribution < -0.4 is 10.3 Å². The van der Waals surface area contributed by atoms with Crippen LogP contribution >= 0.6 is 11.6 Å². The molecule has 1 N–H and O–H groups in total. The van der Waals surface area contributed by atoms with Crippen molar-refractivity contribution in [1.29, 1.82) is 0 Å². The number of hydrogen-bond acceptors (Lipinski definition) is 4. The number of aromatic nitrogens is 2. The van der Waals surface area contributed by atoms with Crippen LogP contribution in [0.5, 0.6) is 11.5 Å². The summed E-state index contributed by atoms with van der Waals surface area (Å²) in [5, 5.41) is 11.0. The molecule has 1 aliphatic heterocycles. The van der Waals surface area contributed by atoms with Crippen molar-refractivity contribution in [3.8, 4) is 11.5 Å². The molecule has 0 aliphatic carbocycles. The molecule has 4 rings (SSSR count). The topological polar surface area (TPSA) is 64.4 Å². The minimum Gasteiger partial charge on any atom is -0.504 e. The van der Waals surface area contributed by atoms with E-state index >= 15 is 0 Å². The fraction of sp³-hybridized carbons (Fsp3) is 0.158. The Bertz CT molecular complexity index is 1090. The normalized spacial score (nSPS) is 14.9. The molecule has 6 heteroatoms. The van der Waals surface area contributed by atoms with Gasteiger partial charge in [0.15, 0.2) is 11.5 Å². The van der Waals surface area contributed by atoms with Gasteiger partial charge in [-0.05, 0) is 54.0 Å². The van der Waals surface area contributed by atoms with Crippen molar-refractivity contribution >= 4 is 34.2 Å². The number of nitrogens with zero attached hydrogens (tertiary/aromatic N) is 2. The minimum absolute atomic E-state index is 0.0772. The lowest BCUT2D eigenvalue weighted by atomic mass is 10.1. The second-order valence-corrected chi connectivity index (χ2v) is 6.34. The van der Waals surface area contributed by atoms with Gasteiger partial charge in [0.25, 0.3) is 5.56 Å². The zero-order valence-corrected chi connectivity index (χ0v) is 14.2. The summed E-state index contributed by atoms with van der Waals surface area (Å²) in [5.74, 6) is 1.16. The number of rotatable bonds is 2. The van der Waals surface area contributed by atoms with Gasteiger partial charge in [0.1, 0.15) is 5.82 Å². The van der Waals surface area contributed by atoms with Crippen molar-refractivity contribution in [3.05, 3.63) is 63.2 Å². The molecule has 1 aliphatic rings. The molecule has 0 amide bonds. The van der Waals surface area contributed by atoms with Gasteiger partial charge >= 0.3 is 0 Å². The molecular weight excluding hydrogens is 340 g/mol. The van der Waals surface area contributed by atoms with Crippen LogP contribution in [-0.4, -0.2) is 21.8 Å². The highest BCUT2D eigenvalue weighted by Gasteiger charge is 2.21. The summed E-state index contributed by atoms with van der Waals surface area (Å²) in [6.07, 6.45) is 2.64. The third-order valence-corrected chi connectivity index (χ3v) is 4.59. The van der Waals surface area contributed by atoms with Gasteiger partial charge in [0.05, 0.1) is 18.0 Å². The molecule has 1 aromatic heterocycles. The van der Waals surface area contributed by atoms with Crippen LogP contribution in [0.2, 0.25) is 5.02 Å². The Balaban J connectivity index is 1.84. The molecule has 3 aromatic rings. The van der Waals surface area contributed by atoms with Crippen molar-refractivity contribution in [1.82, 2.24) is 9.55 Å². The lowest BCUT2D eigenvalue weighted by Gasteiger charge is -2.06. The highest BCUT2D eigenvalue weighted by molar-refractivity contribution is 6.31. The van der Waals surface area contributed by atoms with E-state index in [4.69, 9.17) is 16.3 Å². The van der Waals surface area contributed by atoms with E-state index in [0.717, 1.165) is 11.1 Å². The van der Waals surface area contributed by atoms with Gasteiger partial charge in [-0.15, -0.1) is 0 Å². The SMILES string of the molecule is COc1ccc(C=C2CCn3c2nc2ccc(Cl)cc2c3=O)cc1O. The van der Waals surface area contributed by atoms with E-state index in [-0.39, 0.29) is 11.3 Å². The maximum Gasteiger partial charge on any atom is 0.261 e. The van der Waals surface area contributed by atoms with Gasteiger partial charge in [0.2, 0.25) is 0 Å². The molecule has 25 heavy (non-hydrogen) atoms. The van der Waals surface area contributed by atoms with Crippen LogP contribution in [0, 0.1) is 0 Å². The first-order valence-electron chi connectivity index (χ1n) is 7.85. The van der Waals surface area contributed by atoms with Gasteiger partial charge in [-0.25, -0.2) is 4.98 Å². The molecule has 0 unspecified atom stereocenters. The second-order valence-electron chi connectivity index (χ2n) is 5.90. The molecule has 0 atom stereocenters. The average molecular weight is 355 g/mol. The highest BCUT2D eigenvalue weighted by atomic mass is 35.5. The van der Waals surface area contributed by atoms with Crippen LogP contribution in [0.25, 0.3) is 22.6 Å². The molecule has 2 aromatic carbocycles. The van der Waals surface area contributed by atoms with Crippen molar-refractivity contribution in [3.63, 3.8) is 0 Å². The zero-order valence-electron chi connectivity index (χ0n) is 13.5. The maximum atomic E-state index is 12.7. The van der Waals surface area contributed by atoms with Gasteiger partial charge in [0, 0.05) is 11.6 Å². The number of halogens is 1. The third kappa shape index (κ3) is 2.66. The molecule has 5 nitrogen and oxygen atoms in total. The predicted molar refractivity (Wildman–Crippen MR) is 98.2 cm³/mol.